The number of hydrogen-bond acceptors (Lipinski definition) is 7. The average Bonchev–Trinajstić information content (AvgIpc) is 3.49. The molecular weight excluding hydrogens is 422 g/mol. The van der Waals surface area contributed by atoms with Crippen LogP contribution in [0.1, 0.15) is 23.7 Å². The molecule has 3 N–H and O–H groups in total. The number of benzene rings is 2. The predicted molar refractivity (Wildman–Crippen MR) is 111 cm³/mol. The van der Waals surface area contributed by atoms with E-state index in [1.807, 2.05) is 0 Å². The number of carbonyl (C=O) groups excluding carboxylic acids is 2. The second-order valence-electron chi connectivity index (χ2n) is 6.98. The summed E-state index contributed by atoms with van der Waals surface area (Å²) >= 11 is 6.11. The van der Waals surface area contributed by atoms with Crippen LogP contribution < -0.4 is 10.7 Å². The molecule has 2 heterocycles. The molecule has 31 heavy (non-hydrogen) atoms. The molecule has 11 heteroatoms. The fraction of sp³-hybridized carbons (Fsp3) is 0.250. The topological polar surface area (TPSA) is 125 Å². The molecule has 4 rings (SSSR count). The molecule has 0 bridgehead atoms. The van der Waals surface area contributed by atoms with Crippen molar-refractivity contribution in [2.75, 3.05) is 6.54 Å². The van der Waals surface area contributed by atoms with Gasteiger partial charge in [0, 0.05) is 18.1 Å². The number of hydrazine groups is 1. The van der Waals surface area contributed by atoms with Crippen molar-refractivity contribution >= 4 is 23.4 Å². The Balaban J connectivity index is 1.45. The molecule has 0 unspecified atom stereocenters. The quantitative estimate of drug-likeness (QED) is 0.516. The van der Waals surface area contributed by atoms with Crippen LogP contribution in [0.25, 0.3) is 5.69 Å². The van der Waals surface area contributed by atoms with E-state index in [4.69, 9.17) is 11.6 Å². The number of rotatable bonds is 6. The van der Waals surface area contributed by atoms with Crippen molar-refractivity contribution in [2.45, 2.75) is 25.1 Å². The van der Waals surface area contributed by atoms with Crippen LogP contribution in [0.5, 0.6) is 0 Å². The van der Waals surface area contributed by atoms with E-state index in [0.717, 1.165) is 0 Å². The molecule has 1 aliphatic rings. The highest BCUT2D eigenvalue weighted by Gasteiger charge is 2.37. The number of carbonyl (C=O) groups is 2. The number of halogens is 1. The lowest BCUT2D eigenvalue weighted by atomic mass is 10.1. The fourth-order valence-corrected chi connectivity index (χ4v) is 3.64. The van der Waals surface area contributed by atoms with Crippen LogP contribution in [0.3, 0.4) is 0 Å². The third-order valence-corrected chi connectivity index (χ3v) is 5.23. The van der Waals surface area contributed by atoms with Crippen molar-refractivity contribution in [3.8, 4) is 5.69 Å². The standard InChI is InChI=1S/C20H20ClN7O3/c21-15-6-7-16(27-12-23-25-26-27)14(10-15)11-22-19(30)17-8-9-24-28(17)20(31)18(29)13-4-2-1-3-5-13/h1-7,10,12,17-18,24,29H,8-9,11H2,(H,22,30)/t17-,18+/m0/s1. The summed E-state index contributed by atoms with van der Waals surface area (Å²) in [4.78, 5) is 25.6. The number of hydrogen-bond donors (Lipinski definition) is 3. The van der Waals surface area contributed by atoms with E-state index >= 15 is 0 Å². The Kier molecular flexibility index (Phi) is 6.21. The van der Waals surface area contributed by atoms with Crippen molar-refractivity contribution in [1.82, 2.24) is 36.0 Å². The molecule has 0 spiro atoms. The minimum absolute atomic E-state index is 0.161. The molecule has 2 amide bonds. The predicted octanol–water partition coefficient (Wildman–Crippen LogP) is 0.771. The van der Waals surface area contributed by atoms with Crippen LogP contribution in [0.2, 0.25) is 5.02 Å². The molecule has 2 aromatic carbocycles. The van der Waals surface area contributed by atoms with E-state index in [2.05, 4.69) is 26.3 Å². The summed E-state index contributed by atoms with van der Waals surface area (Å²) in [6.07, 6.45) is 0.511. The lowest BCUT2D eigenvalue weighted by Gasteiger charge is -2.26. The van der Waals surface area contributed by atoms with Gasteiger partial charge in [0.05, 0.1) is 5.69 Å². The first-order chi connectivity index (χ1) is 15.0. The van der Waals surface area contributed by atoms with E-state index in [1.165, 1.54) is 16.0 Å². The van der Waals surface area contributed by atoms with E-state index in [9.17, 15) is 14.7 Å². The third kappa shape index (κ3) is 4.55. The second kappa shape index (κ2) is 9.21. The number of aliphatic hydroxyl groups is 1. The van der Waals surface area contributed by atoms with Gasteiger partial charge in [0.2, 0.25) is 5.91 Å². The maximum atomic E-state index is 12.9. The number of tetrazole rings is 1. The van der Waals surface area contributed by atoms with Gasteiger partial charge in [-0.15, -0.1) is 5.10 Å². The van der Waals surface area contributed by atoms with Gasteiger partial charge in [0.25, 0.3) is 5.91 Å². The highest BCUT2D eigenvalue weighted by atomic mass is 35.5. The summed E-state index contributed by atoms with van der Waals surface area (Å²) in [7, 11) is 0. The van der Waals surface area contributed by atoms with E-state index in [0.29, 0.717) is 34.8 Å². The molecule has 160 valence electrons. The first-order valence-electron chi connectivity index (χ1n) is 9.63. The van der Waals surface area contributed by atoms with Gasteiger partial charge in [-0.2, -0.15) is 0 Å². The van der Waals surface area contributed by atoms with E-state index in [-0.39, 0.29) is 12.5 Å². The van der Waals surface area contributed by atoms with Crippen LogP contribution in [0.4, 0.5) is 0 Å². The second-order valence-corrected chi connectivity index (χ2v) is 7.42. The van der Waals surface area contributed by atoms with E-state index in [1.54, 1.807) is 48.5 Å². The lowest BCUT2D eigenvalue weighted by Crippen LogP contribution is -2.51. The zero-order chi connectivity index (χ0) is 21.8. The minimum atomic E-state index is -1.36. The van der Waals surface area contributed by atoms with Crippen molar-refractivity contribution < 1.29 is 14.7 Å². The molecule has 1 aromatic heterocycles. The summed E-state index contributed by atoms with van der Waals surface area (Å²) in [5, 5.41) is 26.1. The van der Waals surface area contributed by atoms with Crippen molar-refractivity contribution in [1.29, 1.82) is 0 Å². The minimum Gasteiger partial charge on any atom is -0.378 e. The maximum Gasteiger partial charge on any atom is 0.270 e. The van der Waals surface area contributed by atoms with Gasteiger partial charge >= 0.3 is 0 Å². The largest absolute Gasteiger partial charge is 0.378 e. The Morgan fingerprint density at radius 3 is 2.81 bits per heavy atom. The maximum absolute atomic E-state index is 12.9. The lowest BCUT2D eigenvalue weighted by molar-refractivity contribution is -0.148. The summed E-state index contributed by atoms with van der Waals surface area (Å²) in [6.45, 7) is 0.604. The molecule has 2 atom stereocenters. The summed E-state index contributed by atoms with van der Waals surface area (Å²) in [5.74, 6) is -0.928. The van der Waals surface area contributed by atoms with Crippen LogP contribution in [-0.2, 0) is 16.1 Å². The van der Waals surface area contributed by atoms with Gasteiger partial charge in [-0.05, 0) is 46.2 Å². The fourth-order valence-electron chi connectivity index (χ4n) is 3.44. The average molecular weight is 442 g/mol. The number of nitrogens with zero attached hydrogens (tertiary/aromatic N) is 5. The number of aliphatic hydroxyl groups excluding tert-OH is 1. The normalized spacial score (nSPS) is 16.8. The zero-order valence-corrected chi connectivity index (χ0v) is 17.1. The Hall–Kier alpha value is -3.34. The molecule has 0 radical (unpaired) electrons. The number of aromatic nitrogens is 4. The molecule has 0 saturated carbocycles. The van der Waals surface area contributed by atoms with Gasteiger partial charge in [0.1, 0.15) is 12.4 Å². The first-order valence-corrected chi connectivity index (χ1v) is 10.0. The molecule has 10 nitrogen and oxygen atoms in total. The van der Waals surface area contributed by atoms with Crippen LogP contribution >= 0.6 is 11.6 Å². The Morgan fingerprint density at radius 2 is 2.06 bits per heavy atom. The van der Waals surface area contributed by atoms with E-state index < -0.39 is 18.1 Å². The van der Waals surface area contributed by atoms with Crippen molar-refractivity contribution in [3.05, 3.63) is 71.0 Å². The van der Waals surface area contributed by atoms with Crippen LogP contribution in [0, 0.1) is 0 Å². The first kappa shape index (κ1) is 20.9. The number of nitrogens with one attached hydrogen (secondary N) is 2. The Bertz CT molecular complexity index is 1060. The van der Waals surface area contributed by atoms with Crippen molar-refractivity contribution in [3.63, 3.8) is 0 Å². The number of amides is 2. The van der Waals surface area contributed by atoms with Gasteiger partial charge in [-0.25, -0.2) is 10.1 Å². The molecule has 0 aliphatic carbocycles. The summed E-state index contributed by atoms with van der Waals surface area (Å²) < 4.78 is 1.47. The highest BCUT2D eigenvalue weighted by Crippen LogP contribution is 2.21. The van der Waals surface area contributed by atoms with Gasteiger partial charge < -0.3 is 10.4 Å². The molecule has 1 aliphatic heterocycles. The zero-order valence-electron chi connectivity index (χ0n) is 16.3. The molecule has 1 fully saturated rings. The molecular formula is C20H20ClN7O3. The highest BCUT2D eigenvalue weighted by molar-refractivity contribution is 6.30. The molecule has 3 aromatic rings. The Morgan fingerprint density at radius 1 is 1.26 bits per heavy atom. The SMILES string of the molecule is O=C(NCc1cc(Cl)ccc1-n1cnnn1)[C@@H]1CCNN1C(=O)[C@H](O)c1ccccc1. The van der Waals surface area contributed by atoms with Crippen LogP contribution in [0.15, 0.2) is 54.9 Å². The smallest absolute Gasteiger partial charge is 0.270 e. The van der Waals surface area contributed by atoms with Gasteiger partial charge in [-0.3, -0.25) is 14.6 Å². The van der Waals surface area contributed by atoms with Crippen LogP contribution in [-0.4, -0.2) is 54.7 Å². The summed E-state index contributed by atoms with van der Waals surface area (Å²) in [6, 6.07) is 13.0. The van der Waals surface area contributed by atoms with Gasteiger partial charge in [-0.1, -0.05) is 41.9 Å². The molecule has 1 saturated heterocycles. The van der Waals surface area contributed by atoms with Gasteiger partial charge in [0.15, 0.2) is 6.10 Å². The third-order valence-electron chi connectivity index (χ3n) is 4.99. The Labute approximate surface area is 182 Å². The monoisotopic (exact) mass is 441 g/mol. The van der Waals surface area contributed by atoms with Crippen molar-refractivity contribution in [2.24, 2.45) is 0 Å². The summed E-state index contributed by atoms with van der Waals surface area (Å²) in [5.41, 5.74) is 4.74.